The number of nitrogens with one attached hydrogen (secondary N) is 2. The van der Waals surface area contributed by atoms with E-state index in [4.69, 9.17) is 19.0 Å². The fourth-order valence-corrected chi connectivity index (χ4v) is 4.80. The Bertz CT molecular complexity index is 2130. The lowest BCUT2D eigenvalue weighted by Crippen LogP contribution is -2.17. The van der Waals surface area contributed by atoms with E-state index in [-0.39, 0.29) is 40.0 Å². The number of hydrogen-bond acceptors (Lipinski definition) is 11. The van der Waals surface area contributed by atoms with Crippen molar-refractivity contribution >= 4 is 41.2 Å². The van der Waals surface area contributed by atoms with Crippen molar-refractivity contribution in [3.63, 3.8) is 0 Å². The first kappa shape index (κ1) is 36.1. The number of carboxylic acid groups (broad SMARTS) is 2. The predicted octanol–water partition coefficient (Wildman–Crippen LogP) is 7.04. The molecule has 1 amide bonds. The number of esters is 2. The van der Waals surface area contributed by atoms with Crippen molar-refractivity contribution in [2.24, 2.45) is 0 Å². The molecule has 5 aromatic carbocycles. The number of carboxylic acids is 2. The molecule has 0 aliphatic rings. The van der Waals surface area contributed by atoms with Gasteiger partial charge in [0, 0.05) is 11.8 Å². The molecule has 0 unspecified atom stereocenters. The van der Waals surface area contributed by atoms with E-state index in [1.54, 1.807) is 72.8 Å². The molecule has 4 N–H and O–H groups in total. The number of ether oxygens (including phenoxy) is 4. The molecule has 0 heterocycles. The van der Waals surface area contributed by atoms with Crippen LogP contribution in [-0.2, 0) is 20.9 Å². The number of carbonyl (C=O) groups excluding carboxylic acids is 3. The number of anilines is 2. The minimum absolute atomic E-state index is 0.0101. The van der Waals surface area contributed by atoms with Crippen LogP contribution >= 0.6 is 0 Å². The lowest BCUT2D eigenvalue weighted by atomic mass is 10.0. The number of methoxy groups -OCH3 is 2. The standard InChI is InChI=1S/C38H30N2O12/c1-48-37(46)22-6-16-31(35(42)43)24(18-22)21-50-40-26-10-14-28(15-11-26)52-30-5-3-4-29(20-30)51-27-12-8-25(9-13-27)39-34(41)33-19-23(38(47)49-2)7-17-32(33)36(44)45/h3-20,40H,21H2,1-2H3,(H,39,41)(H,42,43)(H,44,45). The summed E-state index contributed by atoms with van der Waals surface area (Å²) >= 11 is 0. The number of rotatable bonds is 14. The SMILES string of the molecule is COC(=O)c1ccc(C(=O)O)c(CONc2ccc(Oc3cccc(Oc4ccc(NC(=O)c5cc(C(=O)OC)ccc5C(=O)O)cc4)c3)cc2)c1. The van der Waals surface area contributed by atoms with E-state index >= 15 is 0 Å². The van der Waals surface area contributed by atoms with Crippen LogP contribution in [0.5, 0.6) is 23.0 Å². The molecule has 0 aliphatic carbocycles. The third-order valence-electron chi connectivity index (χ3n) is 7.33. The molecule has 0 radical (unpaired) electrons. The molecule has 14 nitrogen and oxygen atoms in total. The normalized spacial score (nSPS) is 10.4. The Morgan fingerprint density at radius 2 is 1.08 bits per heavy atom. The zero-order valence-corrected chi connectivity index (χ0v) is 27.6. The van der Waals surface area contributed by atoms with Crippen LogP contribution in [0.2, 0.25) is 0 Å². The van der Waals surface area contributed by atoms with E-state index in [1.807, 2.05) is 0 Å². The monoisotopic (exact) mass is 706 g/mol. The van der Waals surface area contributed by atoms with Gasteiger partial charge < -0.3 is 34.5 Å². The summed E-state index contributed by atoms with van der Waals surface area (Å²) in [5.74, 6) is -2.64. The van der Waals surface area contributed by atoms with Gasteiger partial charge in [-0.05, 0) is 103 Å². The molecule has 52 heavy (non-hydrogen) atoms. The van der Waals surface area contributed by atoms with Gasteiger partial charge in [-0.25, -0.2) is 19.2 Å². The summed E-state index contributed by atoms with van der Waals surface area (Å²) in [7, 11) is 2.41. The minimum atomic E-state index is -1.33. The van der Waals surface area contributed by atoms with E-state index in [9.17, 15) is 34.2 Å². The average molecular weight is 707 g/mol. The summed E-state index contributed by atoms with van der Waals surface area (Å²) in [6.07, 6.45) is 0. The molecule has 0 aliphatic heterocycles. The molecule has 264 valence electrons. The van der Waals surface area contributed by atoms with Crippen molar-refractivity contribution in [1.82, 2.24) is 0 Å². The molecule has 0 saturated carbocycles. The van der Waals surface area contributed by atoms with Gasteiger partial charge in [0.15, 0.2) is 0 Å². The number of amides is 1. The van der Waals surface area contributed by atoms with Crippen LogP contribution in [0.15, 0.2) is 109 Å². The molecule has 5 rings (SSSR count). The van der Waals surface area contributed by atoms with E-state index in [0.717, 1.165) is 6.07 Å². The first-order valence-electron chi connectivity index (χ1n) is 15.3. The Morgan fingerprint density at radius 1 is 0.558 bits per heavy atom. The molecule has 0 spiro atoms. The Labute approximate surface area is 296 Å². The molecule has 0 atom stereocenters. The Kier molecular flexibility index (Phi) is 11.4. The van der Waals surface area contributed by atoms with Crippen molar-refractivity contribution in [2.45, 2.75) is 6.61 Å². The second-order valence-corrected chi connectivity index (χ2v) is 10.8. The van der Waals surface area contributed by atoms with Gasteiger partial charge in [-0.3, -0.25) is 15.1 Å². The third kappa shape index (κ3) is 9.07. The van der Waals surface area contributed by atoms with Crippen molar-refractivity contribution < 1.29 is 58.0 Å². The summed E-state index contributed by atoms with van der Waals surface area (Å²) in [4.78, 5) is 65.5. The van der Waals surface area contributed by atoms with Gasteiger partial charge in [0.05, 0.1) is 47.7 Å². The highest BCUT2D eigenvalue weighted by Crippen LogP contribution is 2.30. The van der Waals surface area contributed by atoms with E-state index in [1.165, 1.54) is 44.6 Å². The molecular weight excluding hydrogens is 676 g/mol. The number of aromatic carboxylic acids is 2. The van der Waals surface area contributed by atoms with Crippen LogP contribution in [0.3, 0.4) is 0 Å². The molecule has 0 bridgehead atoms. The van der Waals surface area contributed by atoms with Crippen molar-refractivity contribution in [3.8, 4) is 23.0 Å². The van der Waals surface area contributed by atoms with Crippen LogP contribution in [-0.4, -0.2) is 54.2 Å². The van der Waals surface area contributed by atoms with Gasteiger partial charge in [0.2, 0.25) is 0 Å². The van der Waals surface area contributed by atoms with Crippen LogP contribution in [0.4, 0.5) is 11.4 Å². The maximum Gasteiger partial charge on any atom is 0.337 e. The Balaban J connectivity index is 1.16. The predicted molar refractivity (Wildman–Crippen MR) is 185 cm³/mol. The maximum atomic E-state index is 12.9. The zero-order chi connectivity index (χ0) is 37.2. The first-order chi connectivity index (χ1) is 25.0. The van der Waals surface area contributed by atoms with Gasteiger partial charge in [0.25, 0.3) is 5.91 Å². The molecule has 5 aromatic rings. The fraction of sp³-hybridized carbons (Fsp3) is 0.0789. The quantitative estimate of drug-likeness (QED) is 0.0679. The fourth-order valence-electron chi connectivity index (χ4n) is 4.80. The first-order valence-corrected chi connectivity index (χ1v) is 15.3. The van der Waals surface area contributed by atoms with E-state index in [2.05, 4.69) is 15.5 Å². The summed E-state index contributed by atoms with van der Waals surface area (Å²) in [5, 5.41) is 21.6. The lowest BCUT2D eigenvalue weighted by Gasteiger charge is -2.12. The van der Waals surface area contributed by atoms with Gasteiger partial charge >= 0.3 is 23.9 Å². The van der Waals surface area contributed by atoms with Gasteiger partial charge in [-0.1, -0.05) is 6.07 Å². The van der Waals surface area contributed by atoms with Crippen LogP contribution < -0.4 is 20.3 Å². The zero-order valence-electron chi connectivity index (χ0n) is 27.6. The maximum absolute atomic E-state index is 12.9. The summed E-state index contributed by atoms with van der Waals surface area (Å²) in [6, 6.07) is 27.7. The lowest BCUT2D eigenvalue weighted by molar-refractivity contribution is 0.0591. The van der Waals surface area contributed by atoms with Gasteiger partial charge in [-0.2, -0.15) is 0 Å². The number of hydrogen-bond donors (Lipinski definition) is 4. The highest BCUT2D eigenvalue weighted by atomic mass is 16.6. The molecule has 0 saturated heterocycles. The average Bonchev–Trinajstić information content (AvgIpc) is 3.15. The Morgan fingerprint density at radius 3 is 1.62 bits per heavy atom. The highest BCUT2D eigenvalue weighted by Gasteiger charge is 2.20. The molecule has 0 aromatic heterocycles. The van der Waals surface area contributed by atoms with Crippen LogP contribution in [0.25, 0.3) is 0 Å². The van der Waals surface area contributed by atoms with Gasteiger partial charge in [0.1, 0.15) is 29.6 Å². The van der Waals surface area contributed by atoms with Crippen LogP contribution in [0.1, 0.15) is 57.4 Å². The molecule has 0 fully saturated rings. The van der Waals surface area contributed by atoms with E-state index in [0.29, 0.717) is 34.4 Å². The molecular formula is C38H30N2O12. The minimum Gasteiger partial charge on any atom is -0.478 e. The second kappa shape index (κ2) is 16.5. The van der Waals surface area contributed by atoms with E-state index < -0.39 is 29.8 Å². The van der Waals surface area contributed by atoms with Gasteiger partial charge in [-0.15, -0.1) is 0 Å². The highest BCUT2D eigenvalue weighted by molar-refractivity contribution is 6.12. The van der Waals surface area contributed by atoms with Crippen molar-refractivity contribution in [2.75, 3.05) is 25.0 Å². The summed E-state index contributed by atoms with van der Waals surface area (Å²) in [5.41, 5.74) is 3.67. The van der Waals surface area contributed by atoms with Crippen molar-refractivity contribution in [3.05, 3.63) is 143 Å². The number of carbonyl (C=O) groups is 5. The molecule has 14 heteroatoms. The Hall–Kier alpha value is -7.19. The van der Waals surface area contributed by atoms with Crippen LogP contribution in [0, 0.1) is 0 Å². The topological polar surface area (TPSA) is 196 Å². The summed E-state index contributed by atoms with van der Waals surface area (Å²) in [6.45, 7) is -0.143. The smallest absolute Gasteiger partial charge is 0.337 e. The van der Waals surface area contributed by atoms with Crippen molar-refractivity contribution in [1.29, 1.82) is 0 Å². The largest absolute Gasteiger partial charge is 0.478 e. The number of benzene rings is 5. The second-order valence-electron chi connectivity index (χ2n) is 10.8. The summed E-state index contributed by atoms with van der Waals surface area (Å²) < 4.78 is 21.3. The third-order valence-corrected chi connectivity index (χ3v) is 7.33.